The molecule has 0 saturated carbocycles. The summed E-state index contributed by atoms with van der Waals surface area (Å²) in [6.07, 6.45) is 5.97. The van der Waals surface area contributed by atoms with E-state index < -0.39 is 8.38 Å². The molecule has 2 atom stereocenters. The molecule has 3 heterocycles. The number of hydrogen-bond donors (Lipinski definition) is 3. The first-order chi connectivity index (χ1) is 9.65. The van der Waals surface area contributed by atoms with E-state index in [0.717, 1.165) is 12.8 Å². The van der Waals surface area contributed by atoms with Crippen LogP contribution in [0.4, 0.5) is 5.82 Å². The summed E-state index contributed by atoms with van der Waals surface area (Å²) >= 11 is 0. The maximum Gasteiger partial charge on any atom is 0.191 e. The van der Waals surface area contributed by atoms with Crippen molar-refractivity contribution in [1.82, 2.24) is 19.5 Å². The normalized spacial score (nSPS) is 23.4. The van der Waals surface area contributed by atoms with E-state index in [9.17, 15) is 0 Å². The highest BCUT2D eigenvalue weighted by molar-refractivity contribution is 7.48. The molecule has 106 valence electrons. The third-order valence-electron chi connectivity index (χ3n) is 3.16. The molecule has 1 saturated heterocycles. The fraction of sp³-hybridized carbons (Fsp3) is 0.364. The zero-order valence-corrected chi connectivity index (χ0v) is 11.4. The average molecular weight is 295 g/mol. The first kappa shape index (κ1) is 13.4. The van der Waals surface area contributed by atoms with Crippen molar-refractivity contribution >= 4 is 25.4 Å². The Morgan fingerprint density at radius 3 is 3.00 bits per heavy atom. The molecule has 2 aromatic heterocycles. The number of nitrogens with zero attached hydrogens (tertiary/aromatic N) is 4. The lowest BCUT2D eigenvalue weighted by Gasteiger charge is -2.13. The molecule has 0 amide bonds. The summed E-state index contributed by atoms with van der Waals surface area (Å²) in [5, 5.41) is 0. The second-order valence-corrected chi connectivity index (χ2v) is 5.39. The lowest BCUT2D eigenvalue weighted by Crippen LogP contribution is -2.09. The molecule has 1 aliphatic rings. The van der Waals surface area contributed by atoms with Gasteiger partial charge in [-0.1, -0.05) is 6.08 Å². The van der Waals surface area contributed by atoms with Crippen molar-refractivity contribution in [2.75, 3.05) is 5.73 Å². The molecule has 1 fully saturated rings. The predicted molar refractivity (Wildman–Crippen MR) is 73.4 cm³/mol. The molecule has 0 aliphatic carbocycles. The van der Waals surface area contributed by atoms with Gasteiger partial charge in [0.2, 0.25) is 0 Å². The van der Waals surface area contributed by atoms with Crippen molar-refractivity contribution in [2.45, 2.75) is 25.2 Å². The molecule has 8 nitrogen and oxygen atoms in total. The Kier molecular flexibility index (Phi) is 3.62. The lowest BCUT2D eigenvalue weighted by molar-refractivity contribution is 0.0259. The molecular weight excluding hydrogens is 281 g/mol. The largest absolute Gasteiger partial charge is 0.382 e. The molecule has 3 rings (SSSR count). The van der Waals surface area contributed by atoms with E-state index in [-0.39, 0.29) is 12.3 Å². The van der Waals surface area contributed by atoms with Gasteiger partial charge in [-0.15, -0.1) is 0 Å². The number of aromatic nitrogens is 4. The fourth-order valence-electron chi connectivity index (χ4n) is 2.24. The number of fused-ring (bicyclic) bond motifs is 1. The Labute approximate surface area is 115 Å². The van der Waals surface area contributed by atoms with E-state index >= 15 is 0 Å². The van der Waals surface area contributed by atoms with E-state index in [1.165, 1.54) is 12.1 Å². The number of nitrogen functional groups attached to an aromatic ring is 1. The average Bonchev–Trinajstić information content (AvgIpc) is 3.02. The van der Waals surface area contributed by atoms with Crippen molar-refractivity contribution in [3.8, 4) is 0 Å². The molecule has 2 aromatic rings. The zero-order valence-electron chi connectivity index (χ0n) is 10.5. The summed E-state index contributed by atoms with van der Waals surface area (Å²) < 4.78 is 7.65. The topological polar surface area (TPSA) is 119 Å². The fourth-order valence-corrected chi connectivity index (χ4v) is 2.59. The molecule has 0 aromatic carbocycles. The van der Waals surface area contributed by atoms with Crippen LogP contribution in [0, 0.1) is 0 Å². The summed E-state index contributed by atoms with van der Waals surface area (Å²) in [5.41, 5.74) is 6.94. The molecule has 1 aliphatic heterocycles. The highest BCUT2D eigenvalue weighted by Gasteiger charge is 2.26. The van der Waals surface area contributed by atoms with Crippen LogP contribution in [0.25, 0.3) is 11.2 Å². The number of ether oxygens (including phenoxy) is 1. The Morgan fingerprint density at radius 1 is 1.35 bits per heavy atom. The molecule has 9 heteroatoms. The van der Waals surface area contributed by atoms with Gasteiger partial charge in [-0.25, -0.2) is 15.0 Å². The highest BCUT2D eigenvalue weighted by Crippen LogP contribution is 2.33. The second-order valence-electron chi connectivity index (χ2n) is 4.45. The van der Waals surface area contributed by atoms with Gasteiger partial charge in [0.25, 0.3) is 0 Å². The molecular formula is C11H14N5O3P. The minimum absolute atomic E-state index is 0.138. The Morgan fingerprint density at radius 2 is 2.20 bits per heavy atom. The number of hydrogen-bond acceptors (Lipinski definition) is 7. The van der Waals surface area contributed by atoms with Gasteiger partial charge in [0.15, 0.2) is 19.8 Å². The van der Waals surface area contributed by atoms with Crippen molar-refractivity contribution in [1.29, 1.82) is 0 Å². The van der Waals surface area contributed by atoms with Gasteiger partial charge in [-0.2, -0.15) is 0 Å². The maximum absolute atomic E-state index is 8.87. The zero-order chi connectivity index (χ0) is 14.1. The summed E-state index contributed by atoms with van der Waals surface area (Å²) in [6, 6.07) is 0. The first-order valence-corrected chi connectivity index (χ1v) is 7.40. The van der Waals surface area contributed by atoms with E-state index in [4.69, 9.17) is 20.3 Å². The van der Waals surface area contributed by atoms with E-state index in [2.05, 4.69) is 15.0 Å². The lowest BCUT2D eigenvalue weighted by atomic mass is 10.2. The van der Waals surface area contributed by atoms with Crippen LogP contribution in [-0.2, 0) is 4.74 Å². The van der Waals surface area contributed by atoms with Crippen LogP contribution >= 0.6 is 8.38 Å². The van der Waals surface area contributed by atoms with Crippen LogP contribution in [-0.4, -0.2) is 35.4 Å². The van der Waals surface area contributed by atoms with Crippen molar-refractivity contribution < 1.29 is 14.5 Å². The molecule has 20 heavy (non-hydrogen) atoms. The summed E-state index contributed by atoms with van der Waals surface area (Å²) in [6.45, 7) is 0. The van der Waals surface area contributed by atoms with Crippen molar-refractivity contribution in [2.24, 2.45) is 0 Å². The SMILES string of the molecule is Nc1ncnc2c1ncn2[C@H]1CC[C@@H](/C=C/P(O)O)O1. The van der Waals surface area contributed by atoms with Gasteiger partial charge in [0.1, 0.15) is 18.1 Å². The molecule has 0 bridgehead atoms. The Bertz CT molecular complexity index is 644. The van der Waals surface area contributed by atoms with Crippen LogP contribution in [0.2, 0.25) is 0 Å². The molecule has 0 radical (unpaired) electrons. The number of anilines is 1. The summed E-state index contributed by atoms with van der Waals surface area (Å²) in [7, 11) is -2.03. The van der Waals surface area contributed by atoms with Gasteiger partial charge >= 0.3 is 0 Å². The van der Waals surface area contributed by atoms with Crippen LogP contribution in [0.5, 0.6) is 0 Å². The summed E-state index contributed by atoms with van der Waals surface area (Å²) in [5.74, 6) is 1.70. The summed E-state index contributed by atoms with van der Waals surface area (Å²) in [4.78, 5) is 30.0. The van der Waals surface area contributed by atoms with Gasteiger partial charge in [-0.05, 0) is 18.7 Å². The first-order valence-electron chi connectivity index (χ1n) is 6.09. The molecule has 0 spiro atoms. The quantitative estimate of drug-likeness (QED) is 0.719. The van der Waals surface area contributed by atoms with Crippen LogP contribution < -0.4 is 5.73 Å². The molecule has 4 N–H and O–H groups in total. The third-order valence-corrected chi connectivity index (χ3v) is 3.60. The van der Waals surface area contributed by atoms with Gasteiger partial charge < -0.3 is 20.3 Å². The van der Waals surface area contributed by atoms with Crippen LogP contribution in [0.1, 0.15) is 19.1 Å². The predicted octanol–water partition coefficient (Wildman–Crippen LogP) is 0.896. The van der Waals surface area contributed by atoms with Crippen LogP contribution in [0.15, 0.2) is 24.5 Å². The second kappa shape index (κ2) is 5.41. The van der Waals surface area contributed by atoms with Gasteiger partial charge in [0.05, 0.1) is 12.4 Å². The van der Waals surface area contributed by atoms with Gasteiger partial charge in [0, 0.05) is 0 Å². The highest BCUT2D eigenvalue weighted by atomic mass is 31.2. The van der Waals surface area contributed by atoms with E-state index in [1.54, 1.807) is 12.4 Å². The van der Waals surface area contributed by atoms with E-state index in [0.29, 0.717) is 17.0 Å². The molecule has 0 unspecified atom stereocenters. The minimum atomic E-state index is -2.03. The van der Waals surface area contributed by atoms with Crippen molar-refractivity contribution in [3.63, 3.8) is 0 Å². The standard InChI is InChI=1S/C11H14N5O3P/c12-10-9-11(14-5-13-10)16(6-15-9)8-2-1-7(19-8)3-4-20(17)18/h3-8,17-18H,1-2H2,(H2,12,13,14)/b4-3+/t7-,8+/m0/s1. The van der Waals surface area contributed by atoms with Crippen molar-refractivity contribution in [3.05, 3.63) is 24.5 Å². The number of rotatable bonds is 3. The monoisotopic (exact) mass is 295 g/mol. The third kappa shape index (κ3) is 2.51. The van der Waals surface area contributed by atoms with Gasteiger partial charge in [-0.3, -0.25) is 4.57 Å². The van der Waals surface area contributed by atoms with E-state index in [1.807, 2.05) is 4.57 Å². The maximum atomic E-state index is 8.87. The van der Waals surface area contributed by atoms with Crippen LogP contribution in [0.3, 0.4) is 0 Å². The Balaban J connectivity index is 1.81. The smallest absolute Gasteiger partial charge is 0.191 e. The Hall–Kier alpha value is -1.60. The number of imidazole rings is 1. The minimum Gasteiger partial charge on any atom is -0.382 e. The number of nitrogens with two attached hydrogens (primary N) is 1.